The largest absolute Gasteiger partial charge is 0.352 e. The van der Waals surface area contributed by atoms with Crippen molar-refractivity contribution in [1.82, 2.24) is 5.32 Å². The van der Waals surface area contributed by atoms with Crippen LogP contribution in [0, 0.1) is 5.92 Å². The third-order valence-electron chi connectivity index (χ3n) is 2.12. The summed E-state index contributed by atoms with van der Waals surface area (Å²) in [5.41, 5.74) is 0. The SMILES string of the molecule is CCOP(=O)(OCC)C(C)NC(=O)[C@@H](C)CCl. The molecule has 0 rings (SSSR count). The quantitative estimate of drug-likeness (QED) is 0.550. The predicted octanol–water partition coefficient (Wildman–Crippen LogP) is 2.59. The molecule has 2 atom stereocenters. The summed E-state index contributed by atoms with van der Waals surface area (Å²) < 4.78 is 22.5. The highest BCUT2D eigenvalue weighted by atomic mass is 35.5. The molecule has 0 bridgehead atoms. The van der Waals surface area contributed by atoms with Crippen molar-refractivity contribution in [1.29, 1.82) is 0 Å². The number of nitrogens with one attached hydrogen (secondary N) is 1. The van der Waals surface area contributed by atoms with E-state index >= 15 is 0 Å². The first-order chi connectivity index (χ1) is 7.91. The molecule has 102 valence electrons. The van der Waals surface area contributed by atoms with Crippen LogP contribution in [0.4, 0.5) is 0 Å². The highest BCUT2D eigenvalue weighted by Gasteiger charge is 2.33. The van der Waals surface area contributed by atoms with E-state index in [4.69, 9.17) is 20.6 Å². The van der Waals surface area contributed by atoms with Crippen LogP contribution in [0.25, 0.3) is 0 Å². The average Bonchev–Trinajstić information content (AvgIpc) is 2.28. The number of hydrogen-bond donors (Lipinski definition) is 1. The van der Waals surface area contributed by atoms with Crippen LogP contribution in [-0.4, -0.2) is 30.8 Å². The van der Waals surface area contributed by atoms with E-state index < -0.39 is 13.4 Å². The van der Waals surface area contributed by atoms with Crippen LogP contribution in [0.1, 0.15) is 27.7 Å². The molecule has 1 amide bonds. The predicted molar refractivity (Wildman–Crippen MR) is 68.3 cm³/mol. The Morgan fingerprint density at radius 1 is 1.29 bits per heavy atom. The minimum absolute atomic E-state index is 0.214. The zero-order chi connectivity index (χ0) is 13.5. The van der Waals surface area contributed by atoms with Gasteiger partial charge in [0, 0.05) is 11.8 Å². The van der Waals surface area contributed by atoms with Crippen LogP contribution < -0.4 is 5.32 Å². The molecule has 1 N–H and O–H groups in total. The van der Waals surface area contributed by atoms with Crippen LogP contribution >= 0.6 is 19.2 Å². The second kappa shape index (κ2) is 8.09. The van der Waals surface area contributed by atoms with E-state index in [1.165, 1.54) is 0 Å². The number of hydrogen-bond acceptors (Lipinski definition) is 4. The maximum atomic E-state index is 12.3. The van der Waals surface area contributed by atoms with Crippen molar-refractivity contribution in [3.63, 3.8) is 0 Å². The van der Waals surface area contributed by atoms with Crippen molar-refractivity contribution in [3.05, 3.63) is 0 Å². The van der Waals surface area contributed by atoms with Gasteiger partial charge in [0.2, 0.25) is 5.91 Å². The van der Waals surface area contributed by atoms with Gasteiger partial charge in [0.05, 0.1) is 13.2 Å². The Hall–Kier alpha value is -0.0900. The normalized spacial score (nSPS) is 15.4. The van der Waals surface area contributed by atoms with Gasteiger partial charge in [0.25, 0.3) is 0 Å². The Kier molecular flexibility index (Phi) is 8.05. The molecule has 0 fully saturated rings. The molecule has 0 spiro atoms. The average molecular weight is 286 g/mol. The monoisotopic (exact) mass is 285 g/mol. The zero-order valence-corrected chi connectivity index (χ0v) is 12.4. The van der Waals surface area contributed by atoms with E-state index in [0.29, 0.717) is 0 Å². The number of halogens is 1. The fraction of sp³-hybridized carbons (Fsp3) is 0.900. The molecule has 0 aromatic rings. The lowest BCUT2D eigenvalue weighted by molar-refractivity contribution is -0.124. The molecule has 7 heteroatoms. The van der Waals surface area contributed by atoms with Crippen molar-refractivity contribution in [2.24, 2.45) is 5.92 Å². The summed E-state index contributed by atoms with van der Waals surface area (Å²) in [4.78, 5) is 11.6. The molecular weight excluding hydrogens is 265 g/mol. The molecular formula is C10H21ClNO4P. The molecule has 0 saturated carbocycles. The van der Waals surface area contributed by atoms with Gasteiger partial charge in [-0.25, -0.2) is 0 Å². The molecule has 0 heterocycles. The summed E-state index contributed by atoms with van der Waals surface area (Å²) in [5.74, 6) is -1.06. The van der Waals surface area contributed by atoms with Gasteiger partial charge >= 0.3 is 7.60 Å². The topological polar surface area (TPSA) is 64.6 Å². The number of carbonyl (C=O) groups excluding carboxylic acids is 1. The molecule has 0 aromatic carbocycles. The first-order valence-corrected chi connectivity index (χ1v) is 7.81. The van der Waals surface area contributed by atoms with Crippen LogP contribution in [0.15, 0.2) is 0 Å². The van der Waals surface area contributed by atoms with E-state index in [1.54, 1.807) is 27.7 Å². The molecule has 17 heavy (non-hydrogen) atoms. The van der Waals surface area contributed by atoms with Gasteiger partial charge in [0.15, 0.2) is 0 Å². The van der Waals surface area contributed by atoms with Crippen molar-refractivity contribution in [3.8, 4) is 0 Å². The Bertz CT molecular complexity index is 277. The highest BCUT2D eigenvalue weighted by Crippen LogP contribution is 2.51. The van der Waals surface area contributed by atoms with Gasteiger partial charge in [-0.05, 0) is 20.8 Å². The molecule has 0 aliphatic carbocycles. The first-order valence-electron chi connectivity index (χ1n) is 5.66. The maximum absolute atomic E-state index is 12.3. The van der Waals surface area contributed by atoms with Crippen molar-refractivity contribution >= 4 is 25.1 Å². The zero-order valence-electron chi connectivity index (χ0n) is 10.7. The molecule has 0 saturated heterocycles. The van der Waals surface area contributed by atoms with Gasteiger partial charge in [0.1, 0.15) is 5.78 Å². The number of rotatable bonds is 8. The Morgan fingerprint density at radius 2 is 1.76 bits per heavy atom. The van der Waals surface area contributed by atoms with E-state index in [2.05, 4.69) is 5.32 Å². The molecule has 1 unspecified atom stereocenters. The van der Waals surface area contributed by atoms with E-state index in [1.807, 2.05) is 0 Å². The van der Waals surface area contributed by atoms with Crippen molar-refractivity contribution in [2.45, 2.75) is 33.5 Å². The highest BCUT2D eigenvalue weighted by molar-refractivity contribution is 7.54. The summed E-state index contributed by atoms with van der Waals surface area (Å²) in [6.45, 7) is 7.28. The second-order valence-corrected chi connectivity index (χ2v) is 6.29. The summed E-state index contributed by atoms with van der Waals surface area (Å²) >= 11 is 5.57. The fourth-order valence-electron chi connectivity index (χ4n) is 1.12. The first kappa shape index (κ1) is 16.9. The third-order valence-corrected chi connectivity index (χ3v) is 4.90. The number of amides is 1. The third kappa shape index (κ3) is 5.38. The van der Waals surface area contributed by atoms with E-state index in [9.17, 15) is 9.36 Å². The molecule has 0 aliphatic heterocycles. The fourth-order valence-corrected chi connectivity index (χ4v) is 2.79. The maximum Gasteiger partial charge on any atom is 0.352 e. The summed E-state index contributed by atoms with van der Waals surface area (Å²) in [6, 6.07) is 0. The van der Waals surface area contributed by atoms with Crippen molar-refractivity contribution < 1.29 is 18.4 Å². The minimum Gasteiger partial charge on any atom is -0.342 e. The van der Waals surface area contributed by atoms with Gasteiger partial charge in [-0.15, -0.1) is 11.6 Å². The van der Waals surface area contributed by atoms with Crippen LogP contribution in [0.2, 0.25) is 0 Å². The molecule has 5 nitrogen and oxygen atoms in total. The van der Waals surface area contributed by atoms with E-state index in [0.717, 1.165) is 0 Å². The van der Waals surface area contributed by atoms with Gasteiger partial charge in [-0.3, -0.25) is 9.36 Å². The van der Waals surface area contributed by atoms with Gasteiger partial charge < -0.3 is 14.4 Å². The number of alkyl halides is 1. The molecule has 0 aromatic heterocycles. The van der Waals surface area contributed by atoms with Gasteiger partial charge in [-0.1, -0.05) is 6.92 Å². The molecule has 0 aliphatic rings. The van der Waals surface area contributed by atoms with Crippen molar-refractivity contribution in [2.75, 3.05) is 19.1 Å². The van der Waals surface area contributed by atoms with Crippen LogP contribution in [-0.2, 0) is 18.4 Å². The van der Waals surface area contributed by atoms with Gasteiger partial charge in [-0.2, -0.15) is 0 Å². The summed E-state index contributed by atoms with van der Waals surface area (Å²) in [7, 11) is -3.29. The second-order valence-electron chi connectivity index (χ2n) is 3.62. The lowest BCUT2D eigenvalue weighted by Gasteiger charge is -2.24. The standard InChI is InChI=1S/C10H21ClNO4P/c1-5-15-17(14,16-6-2)9(4)12-10(13)8(3)7-11/h8-9H,5-7H2,1-4H3,(H,12,13)/t8-,9?/m0/s1. The molecule has 0 radical (unpaired) electrons. The lowest BCUT2D eigenvalue weighted by Crippen LogP contribution is -2.37. The summed E-state index contributed by atoms with van der Waals surface area (Å²) in [5, 5.41) is 2.60. The smallest absolute Gasteiger partial charge is 0.342 e. The van der Waals surface area contributed by atoms with Crippen LogP contribution in [0.3, 0.4) is 0 Å². The Labute approximate surface area is 108 Å². The Morgan fingerprint density at radius 3 is 2.12 bits per heavy atom. The Balaban J connectivity index is 4.58. The van der Waals surface area contributed by atoms with Crippen LogP contribution in [0.5, 0.6) is 0 Å². The number of carbonyl (C=O) groups is 1. The van der Waals surface area contributed by atoms with E-state index in [-0.39, 0.29) is 30.9 Å². The minimum atomic E-state index is -3.29. The lowest BCUT2D eigenvalue weighted by atomic mass is 10.2. The summed E-state index contributed by atoms with van der Waals surface area (Å²) in [6.07, 6.45) is 0.